The molecule has 0 spiro atoms. The summed E-state index contributed by atoms with van der Waals surface area (Å²) in [5, 5.41) is 0. The number of benzene rings is 3. The molecule has 3 aromatic rings. The van der Waals surface area contributed by atoms with Gasteiger partial charge in [0, 0.05) is 18.3 Å². The van der Waals surface area contributed by atoms with Crippen LogP contribution in [-0.4, -0.2) is 24.8 Å². The van der Waals surface area contributed by atoms with E-state index in [-0.39, 0.29) is 17.4 Å². The van der Waals surface area contributed by atoms with E-state index in [0.717, 1.165) is 27.9 Å². The summed E-state index contributed by atoms with van der Waals surface area (Å²) in [5.74, 6) is -1.01. The quantitative estimate of drug-likeness (QED) is 0.569. The fourth-order valence-electron chi connectivity index (χ4n) is 4.01. The van der Waals surface area contributed by atoms with Gasteiger partial charge in [-0.05, 0) is 86.3 Å². The normalized spacial score (nSPS) is 12.9. The Labute approximate surface area is 181 Å². The SMILES string of the molecule is Cc1cc(C)cc(N(C)C(=O)c2ccc3c(c2)C(=O)N(c2cc(C)ccc2C)C3=O)c1. The van der Waals surface area contributed by atoms with E-state index >= 15 is 0 Å². The fraction of sp³-hybridized carbons (Fsp3) is 0.192. The molecule has 3 aromatic carbocycles. The summed E-state index contributed by atoms with van der Waals surface area (Å²) in [4.78, 5) is 42.0. The molecule has 0 saturated heterocycles. The molecule has 0 fully saturated rings. The third-order valence-corrected chi connectivity index (χ3v) is 5.64. The molecule has 1 aliphatic heterocycles. The van der Waals surface area contributed by atoms with Crippen LogP contribution in [0, 0.1) is 27.7 Å². The second-order valence-corrected chi connectivity index (χ2v) is 8.21. The minimum atomic E-state index is -0.405. The van der Waals surface area contributed by atoms with Gasteiger partial charge in [-0.1, -0.05) is 18.2 Å². The Morgan fingerprint density at radius 3 is 2.06 bits per heavy atom. The van der Waals surface area contributed by atoms with Gasteiger partial charge in [-0.15, -0.1) is 0 Å². The summed E-state index contributed by atoms with van der Waals surface area (Å²) in [6, 6.07) is 16.3. The number of amides is 3. The third-order valence-electron chi connectivity index (χ3n) is 5.64. The largest absolute Gasteiger partial charge is 0.311 e. The highest BCUT2D eigenvalue weighted by atomic mass is 16.2. The van der Waals surface area contributed by atoms with Crippen LogP contribution in [0.2, 0.25) is 0 Å². The van der Waals surface area contributed by atoms with Crippen molar-refractivity contribution < 1.29 is 14.4 Å². The number of carbonyl (C=O) groups is 3. The number of aryl methyl sites for hydroxylation is 4. The molecule has 0 bridgehead atoms. The Morgan fingerprint density at radius 2 is 1.39 bits per heavy atom. The minimum absolute atomic E-state index is 0.238. The predicted octanol–water partition coefficient (Wildman–Crippen LogP) is 5.00. The smallest absolute Gasteiger partial charge is 0.266 e. The van der Waals surface area contributed by atoms with Gasteiger partial charge in [-0.25, -0.2) is 4.90 Å². The number of rotatable bonds is 3. The number of hydrogen-bond acceptors (Lipinski definition) is 3. The Hall–Kier alpha value is -3.73. The monoisotopic (exact) mass is 412 g/mol. The van der Waals surface area contributed by atoms with Gasteiger partial charge < -0.3 is 4.90 Å². The highest BCUT2D eigenvalue weighted by Gasteiger charge is 2.38. The summed E-state index contributed by atoms with van der Waals surface area (Å²) in [5.41, 5.74) is 6.22. The molecule has 0 aromatic heterocycles. The van der Waals surface area contributed by atoms with Crippen molar-refractivity contribution >= 4 is 29.1 Å². The Balaban J connectivity index is 1.70. The van der Waals surface area contributed by atoms with Gasteiger partial charge in [0.1, 0.15) is 0 Å². The molecule has 31 heavy (non-hydrogen) atoms. The first-order valence-corrected chi connectivity index (χ1v) is 10.1. The highest BCUT2D eigenvalue weighted by molar-refractivity contribution is 6.35. The summed E-state index contributed by atoms with van der Waals surface area (Å²) in [6.45, 7) is 7.75. The lowest BCUT2D eigenvalue weighted by Gasteiger charge is -2.19. The van der Waals surface area contributed by atoms with Crippen LogP contribution in [0.3, 0.4) is 0 Å². The summed E-state index contributed by atoms with van der Waals surface area (Å²) >= 11 is 0. The van der Waals surface area contributed by atoms with Crippen LogP contribution in [0.1, 0.15) is 53.3 Å². The molecule has 0 unspecified atom stereocenters. The van der Waals surface area contributed by atoms with Crippen LogP contribution in [0.15, 0.2) is 54.6 Å². The Bertz CT molecular complexity index is 1240. The average Bonchev–Trinajstić information content (AvgIpc) is 2.97. The number of nitrogens with zero attached hydrogens (tertiary/aromatic N) is 2. The third kappa shape index (κ3) is 3.52. The molecule has 1 heterocycles. The van der Waals surface area contributed by atoms with Crippen LogP contribution in [0.5, 0.6) is 0 Å². The first-order chi connectivity index (χ1) is 14.7. The molecule has 0 aliphatic carbocycles. The van der Waals surface area contributed by atoms with Crippen molar-refractivity contribution in [1.82, 2.24) is 0 Å². The average molecular weight is 412 g/mol. The number of carbonyl (C=O) groups excluding carboxylic acids is 3. The van der Waals surface area contributed by atoms with Gasteiger partial charge in [-0.2, -0.15) is 0 Å². The molecule has 5 heteroatoms. The van der Waals surface area contributed by atoms with Gasteiger partial charge in [-0.3, -0.25) is 14.4 Å². The van der Waals surface area contributed by atoms with Gasteiger partial charge in [0.05, 0.1) is 16.8 Å². The maximum atomic E-state index is 13.2. The number of hydrogen-bond donors (Lipinski definition) is 0. The fourth-order valence-corrected chi connectivity index (χ4v) is 4.01. The maximum Gasteiger partial charge on any atom is 0.266 e. The van der Waals surface area contributed by atoms with Gasteiger partial charge >= 0.3 is 0 Å². The minimum Gasteiger partial charge on any atom is -0.311 e. The molecular formula is C26H24N2O3. The lowest BCUT2D eigenvalue weighted by molar-refractivity contribution is 0.0925. The molecule has 5 nitrogen and oxygen atoms in total. The second kappa shape index (κ2) is 7.51. The zero-order valence-corrected chi connectivity index (χ0v) is 18.3. The zero-order chi connectivity index (χ0) is 22.4. The molecule has 3 amide bonds. The molecule has 0 radical (unpaired) electrons. The zero-order valence-electron chi connectivity index (χ0n) is 18.3. The Morgan fingerprint density at radius 1 is 0.742 bits per heavy atom. The molecule has 1 aliphatic rings. The van der Waals surface area contributed by atoms with E-state index in [4.69, 9.17) is 0 Å². The second-order valence-electron chi connectivity index (χ2n) is 8.21. The highest BCUT2D eigenvalue weighted by Crippen LogP contribution is 2.32. The standard InChI is InChI=1S/C26H24N2O3/c1-15-6-7-18(4)23(13-15)28-25(30)21-9-8-19(14-22(21)26(28)31)24(29)27(5)20-11-16(2)10-17(3)12-20/h6-14H,1-5H3. The van der Waals surface area contributed by atoms with E-state index < -0.39 is 5.91 Å². The van der Waals surface area contributed by atoms with Crippen molar-refractivity contribution in [3.63, 3.8) is 0 Å². The van der Waals surface area contributed by atoms with Gasteiger partial charge in [0.2, 0.25) is 0 Å². The van der Waals surface area contributed by atoms with Crippen LogP contribution in [0.4, 0.5) is 11.4 Å². The first kappa shape index (κ1) is 20.5. The van der Waals surface area contributed by atoms with Crippen molar-refractivity contribution in [2.75, 3.05) is 16.8 Å². The number of fused-ring (bicyclic) bond motifs is 1. The van der Waals surface area contributed by atoms with Crippen LogP contribution in [0.25, 0.3) is 0 Å². The van der Waals surface area contributed by atoms with Crippen molar-refractivity contribution in [3.8, 4) is 0 Å². The van der Waals surface area contributed by atoms with Crippen molar-refractivity contribution in [3.05, 3.63) is 93.5 Å². The first-order valence-electron chi connectivity index (χ1n) is 10.1. The number of imide groups is 1. The van der Waals surface area contributed by atoms with Gasteiger partial charge in [0.25, 0.3) is 17.7 Å². The van der Waals surface area contributed by atoms with E-state index in [1.165, 1.54) is 11.0 Å². The molecule has 4 rings (SSSR count). The van der Waals surface area contributed by atoms with Crippen LogP contribution < -0.4 is 9.80 Å². The molecule has 156 valence electrons. The maximum absolute atomic E-state index is 13.2. The lowest BCUT2D eigenvalue weighted by Crippen LogP contribution is -2.30. The topological polar surface area (TPSA) is 57.7 Å². The van der Waals surface area contributed by atoms with Crippen molar-refractivity contribution in [2.24, 2.45) is 0 Å². The van der Waals surface area contributed by atoms with Gasteiger partial charge in [0.15, 0.2) is 0 Å². The van der Waals surface area contributed by atoms with E-state index in [1.54, 1.807) is 24.1 Å². The van der Waals surface area contributed by atoms with Crippen molar-refractivity contribution in [1.29, 1.82) is 0 Å². The van der Waals surface area contributed by atoms with E-state index in [9.17, 15) is 14.4 Å². The predicted molar refractivity (Wildman–Crippen MR) is 122 cm³/mol. The van der Waals surface area contributed by atoms with Crippen LogP contribution in [-0.2, 0) is 0 Å². The molecule has 0 atom stereocenters. The Kier molecular flexibility index (Phi) is 4.97. The number of anilines is 2. The molecular weight excluding hydrogens is 388 g/mol. The van der Waals surface area contributed by atoms with E-state index in [1.807, 2.05) is 64.1 Å². The summed E-state index contributed by atoms with van der Waals surface area (Å²) in [7, 11) is 1.71. The van der Waals surface area contributed by atoms with E-state index in [0.29, 0.717) is 16.8 Å². The van der Waals surface area contributed by atoms with E-state index in [2.05, 4.69) is 0 Å². The molecule has 0 N–H and O–H groups in total. The van der Waals surface area contributed by atoms with Crippen LogP contribution >= 0.6 is 0 Å². The molecule has 0 saturated carbocycles. The summed E-state index contributed by atoms with van der Waals surface area (Å²) in [6.07, 6.45) is 0. The summed E-state index contributed by atoms with van der Waals surface area (Å²) < 4.78 is 0. The van der Waals surface area contributed by atoms with Crippen molar-refractivity contribution in [2.45, 2.75) is 27.7 Å². The lowest BCUT2D eigenvalue weighted by atomic mass is 10.0.